The molecule has 3 heterocycles. The summed E-state index contributed by atoms with van der Waals surface area (Å²) in [6, 6.07) is 26.5. The van der Waals surface area contributed by atoms with Crippen LogP contribution in [0.2, 0.25) is 0 Å². The van der Waals surface area contributed by atoms with E-state index in [9.17, 15) is 24.3 Å². The lowest BCUT2D eigenvalue weighted by molar-refractivity contribution is -0.138. The fraction of sp³-hybridized carbons (Fsp3) is 0.404. The van der Waals surface area contributed by atoms with Crippen LogP contribution < -0.4 is 27.0 Å². The predicted molar refractivity (Wildman–Crippen MR) is 267 cm³/mol. The third-order valence-electron chi connectivity index (χ3n) is 11.5. The first-order chi connectivity index (χ1) is 33.9. The number of hydrogen-bond acceptors (Lipinski definition) is 14. The predicted octanol–water partition coefficient (Wildman–Crippen LogP) is 4.11. The zero-order valence-corrected chi connectivity index (χ0v) is 40.2. The zero-order valence-electron chi connectivity index (χ0n) is 40.2. The highest BCUT2D eigenvalue weighted by molar-refractivity contribution is 6.04. The minimum absolute atomic E-state index is 0.0314. The van der Waals surface area contributed by atoms with Gasteiger partial charge in [-0.25, -0.2) is 9.97 Å². The molecule has 3 atom stereocenters. The number of aliphatic hydroxyl groups excluding tert-OH is 1. The van der Waals surface area contributed by atoms with E-state index in [1.54, 1.807) is 23.5 Å². The van der Waals surface area contributed by atoms with Crippen molar-refractivity contribution in [2.75, 3.05) is 83.0 Å². The van der Waals surface area contributed by atoms with E-state index in [4.69, 9.17) is 19.9 Å². The second-order valence-electron chi connectivity index (χ2n) is 17.5. The SMILES string of the molecule is Cc1ccc(NC(=O)c2ccc(CN3CCN(C(=O)COCCOCCOCCNC(=O)[C@H](CC(C)C)NC(=O)[C@@H](O)[C@H](N)Cc4ccccc4)CC3)cc2)cc1Nc1nccc(-c2cccnc2)n1. The molecule has 0 aliphatic carbocycles. The van der Waals surface area contributed by atoms with E-state index in [0.717, 1.165) is 33.6 Å². The fourth-order valence-electron chi connectivity index (χ4n) is 7.64. The van der Waals surface area contributed by atoms with Gasteiger partial charge in [-0.15, -0.1) is 0 Å². The third kappa shape index (κ3) is 17.1. The lowest BCUT2D eigenvalue weighted by atomic mass is 10.00. The van der Waals surface area contributed by atoms with E-state index in [2.05, 4.69) is 41.1 Å². The number of carbonyl (C=O) groups is 4. The van der Waals surface area contributed by atoms with Crippen molar-refractivity contribution in [3.8, 4) is 11.3 Å². The Bertz CT molecular complexity index is 2420. The van der Waals surface area contributed by atoms with Gasteiger partial charge in [-0.1, -0.05) is 62.4 Å². The Labute approximate surface area is 409 Å². The van der Waals surface area contributed by atoms with Crippen LogP contribution in [-0.4, -0.2) is 144 Å². The number of anilines is 3. The highest BCUT2D eigenvalue weighted by Crippen LogP contribution is 2.25. The number of pyridine rings is 1. The van der Waals surface area contributed by atoms with Crippen molar-refractivity contribution in [3.05, 3.63) is 132 Å². The number of rotatable bonds is 26. The van der Waals surface area contributed by atoms with Gasteiger partial charge in [0.15, 0.2) is 0 Å². The first kappa shape index (κ1) is 52.7. The monoisotopic (exact) mass is 959 g/mol. The largest absolute Gasteiger partial charge is 0.382 e. The quantitative estimate of drug-likeness (QED) is 0.0428. The molecule has 7 N–H and O–H groups in total. The van der Waals surface area contributed by atoms with Crippen LogP contribution >= 0.6 is 0 Å². The van der Waals surface area contributed by atoms with Crippen LogP contribution in [0.25, 0.3) is 11.3 Å². The highest BCUT2D eigenvalue weighted by atomic mass is 16.5. The number of aryl methyl sites for hydroxylation is 1. The first-order valence-corrected chi connectivity index (χ1v) is 23.7. The average molecular weight is 959 g/mol. The standard InChI is InChI=1S/C52H66N10O8/c1-36(2)30-46(58-51(67)48(64)43(53)31-38-8-5-4-6-9-38)50(66)55-20-25-68-26-27-69-28-29-70-35-47(63)62-23-21-61(22-24-62)34-39-12-14-40(15-13-39)49(65)57-42-16-11-37(3)45(32-42)60-52-56-19-17-44(59-52)41-10-7-18-54-33-41/h4-19,32-33,36,43,46,48,64H,20-31,34-35,53H2,1-3H3,(H,55,66)(H,57,65)(H,58,67)(H,56,59,60)/t43-,46+,48+/m1/s1. The number of amides is 4. The van der Waals surface area contributed by atoms with Gasteiger partial charge in [0.1, 0.15) is 18.8 Å². The lowest BCUT2D eigenvalue weighted by Crippen LogP contribution is -2.54. The number of aliphatic hydroxyl groups is 1. The van der Waals surface area contributed by atoms with Crippen molar-refractivity contribution in [2.24, 2.45) is 11.7 Å². The molecule has 0 bridgehead atoms. The zero-order chi connectivity index (χ0) is 49.7. The van der Waals surface area contributed by atoms with E-state index in [0.29, 0.717) is 82.6 Å². The summed E-state index contributed by atoms with van der Waals surface area (Å²) in [4.78, 5) is 69.0. The van der Waals surface area contributed by atoms with Crippen molar-refractivity contribution < 1.29 is 38.5 Å². The number of nitrogens with one attached hydrogen (secondary N) is 4. The summed E-state index contributed by atoms with van der Waals surface area (Å²) < 4.78 is 16.7. The number of nitrogens with two attached hydrogens (primary N) is 1. The number of piperazine rings is 1. The van der Waals surface area contributed by atoms with Crippen LogP contribution in [0.15, 0.2) is 110 Å². The molecule has 18 nitrogen and oxygen atoms in total. The van der Waals surface area contributed by atoms with Gasteiger partial charge in [-0.3, -0.25) is 29.1 Å². The van der Waals surface area contributed by atoms with Gasteiger partial charge in [-0.05, 0) is 84.8 Å². The molecule has 0 saturated carbocycles. The normalized spacial score (nSPS) is 14.1. The molecular formula is C52H66N10O8. The van der Waals surface area contributed by atoms with Crippen LogP contribution in [0.5, 0.6) is 0 Å². The molecule has 4 amide bonds. The van der Waals surface area contributed by atoms with Crippen molar-refractivity contribution >= 4 is 41.0 Å². The Morgan fingerprint density at radius 2 is 1.53 bits per heavy atom. The van der Waals surface area contributed by atoms with Gasteiger partial charge in [0, 0.05) is 86.4 Å². The summed E-state index contributed by atoms with van der Waals surface area (Å²) in [6.45, 7) is 10.8. The van der Waals surface area contributed by atoms with E-state index < -0.39 is 24.1 Å². The minimum atomic E-state index is -1.47. The molecule has 372 valence electrons. The molecule has 1 aliphatic heterocycles. The third-order valence-corrected chi connectivity index (χ3v) is 11.5. The molecule has 70 heavy (non-hydrogen) atoms. The molecule has 2 aromatic heterocycles. The van der Waals surface area contributed by atoms with E-state index >= 15 is 0 Å². The van der Waals surface area contributed by atoms with Gasteiger partial charge >= 0.3 is 0 Å². The Kier molecular flexibility index (Phi) is 20.7. The van der Waals surface area contributed by atoms with Crippen LogP contribution in [-0.2, 0) is 41.6 Å². The maximum Gasteiger partial charge on any atom is 0.255 e. The topological polar surface area (TPSA) is 235 Å². The van der Waals surface area contributed by atoms with Crippen molar-refractivity contribution in [1.82, 2.24) is 35.4 Å². The van der Waals surface area contributed by atoms with Crippen LogP contribution in [0.4, 0.5) is 17.3 Å². The van der Waals surface area contributed by atoms with Crippen LogP contribution in [0.1, 0.15) is 47.3 Å². The molecule has 0 unspecified atom stereocenters. The van der Waals surface area contributed by atoms with Gasteiger partial charge in [-0.2, -0.15) is 0 Å². The van der Waals surface area contributed by atoms with Gasteiger partial charge in [0.05, 0.1) is 38.7 Å². The Morgan fingerprint density at radius 3 is 2.24 bits per heavy atom. The number of aromatic nitrogens is 3. The number of ether oxygens (including phenoxy) is 3. The van der Waals surface area contributed by atoms with Crippen molar-refractivity contribution in [3.63, 3.8) is 0 Å². The van der Waals surface area contributed by atoms with Gasteiger partial charge < -0.3 is 51.2 Å². The maximum atomic E-state index is 13.2. The summed E-state index contributed by atoms with van der Waals surface area (Å²) in [5, 5.41) is 22.3. The highest BCUT2D eigenvalue weighted by Gasteiger charge is 2.29. The fourth-order valence-corrected chi connectivity index (χ4v) is 7.64. The Balaban J connectivity index is 0.797. The summed E-state index contributed by atoms with van der Waals surface area (Å²) in [6.07, 6.45) is 4.39. The number of benzene rings is 3. The molecule has 1 saturated heterocycles. The molecule has 3 aromatic carbocycles. The molecule has 1 fully saturated rings. The molecule has 0 radical (unpaired) electrons. The second-order valence-corrected chi connectivity index (χ2v) is 17.5. The van der Waals surface area contributed by atoms with Crippen molar-refractivity contribution in [1.29, 1.82) is 0 Å². The summed E-state index contributed by atoms with van der Waals surface area (Å²) >= 11 is 0. The van der Waals surface area contributed by atoms with E-state index in [1.165, 1.54) is 0 Å². The molecule has 0 spiro atoms. The molecule has 5 aromatic rings. The Morgan fingerprint density at radius 1 is 0.800 bits per heavy atom. The average Bonchev–Trinajstić information content (AvgIpc) is 3.37. The van der Waals surface area contributed by atoms with E-state index in [-0.39, 0.29) is 50.0 Å². The van der Waals surface area contributed by atoms with Gasteiger partial charge in [0.25, 0.3) is 11.8 Å². The number of nitrogens with zero attached hydrogens (tertiary/aromatic N) is 5. The molecular weight excluding hydrogens is 893 g/mol. The number of carbonyl (C=O) groups excluding carboxylic acids is 4. The lowest BCUT2D eigenvalue weighted by Gasteiger charge is -2.34. The Hall–Kier alpha value is -6.67. The summed E-state index contributed by atoms with van der Waals surface area (Å²) in [5.74, 6) is -0.806. The summed E-state index contributed by atoms with van der Waals surface area (Å²) in [5.41, 5.74) is 12.6. The molecule has 18 heteroatoms. The van der Waals surface area contributed by atoms with Crippen LogP contribution in [0, 0.1) is 12.8 Å². The number of hydrogen-bond donors (Lipinski definition) is 6. The van der Waals surface area contributed by atoms with Crippen LogP contribution in [0.3, 0.4) is 0 Å². The van der Waals surface area contributed by atoms with Gasteiger partial charge in [0.2, 0.25) is 17.8 Å². The second kappa shape index (κ2) is 27.5. The molecule has 6 rings (SSSR count). The summed E-state index contributed by atoms with van der Waals surface area (Å²) in [7, 11) is 0. The van der Waals surface area contributed by atoms with E-state index in [1.807, 2.05) is 112 Å². The first-order valence-electron chi connectivity index (χ1n) is 23.7. The smallest absolute Gasteiger partial charge is 0.255 e. The van der Waals surface area contributed by atoms with Crippen molar-refractivity contribution in [2.45, 2.75) is 58.3 Å². The maximum absolute atomic E-state index is 13.2. The minimum Gasteiger partial charge on any atom is -0.382 e. The molecule has 1 aliphatic rings.